The van der Waals surface area contributed by atoms with Crippen molar-refractivity contribution in [1.82, 2.24) is 9.88 Å². The van der Waals surface area contributed by atoms with Crippen LogP contribution in [0.15, 0.2) is 24.4 Å². The maximum atomic E-state index is 13.3. The number of likely N-dealkylation sites (tertiary alicyclic amines) is 1. The number of aromatic nitrogens is 1. The zero-order valence-electron chi connectivity index (χ0n) is 11.5. The van der Waals surface area contributed by atoms with Crippen molar-refractivity contribution in [3.05, 3.63) is 35.8 Å². The predicted molar refractivity (Wildman–Crippen MR) is 76.8 cm³/mol. The Kier molecular flexibility index (Phi) is 3.56. The first kappa shape index (κ1) is 12.7. The highest BCUT2D eigenvalue weighted by atomic mass is 19.1. The number of aromatic amines is 1. The summed E-state index contributed by atoms with van der Waals surface area (Å²) in [5, 5.41) is 1.05. The number of H-pyrrole nitrogens is 1. The number of hydrogen-bond donors (Lipinski definition) is 1. The van der Waals surface area contributed by atoms with Crippen LogP contribution in [0.3, 0.4) is 0 Å². The van der Waals surface area contributed by atoms with E-state index in [1.165, 1.54) is 44.1 Å². The van der Waals surface area contributed by atoms with Crippen molar-refractivity contribution in [2.75, 3.05) is 19.6 Å². The third kappa shape index (κ3) is 2.66. The van der Waals surface area contributed by atoms with Crippen molar-refractivity contribution in [2.24, 2.45) is 5.92 Å². The van der Waals surface area contributed by atoms with Gasteiger partial charge in [0.1, 0.15) is 5.82 Å². The van der Waals surface area contributed by atoms with E-state index in [4.69, 9.17) is 0 Å². The highest BCUT2D eigenvalue weighted by molar-refractivity contribution is 5.83. The first-order valence-electron chi connectivity index (χ1n) is 7.24. The van der Waals surface area contributed by atoms with Crippen molar-refractivity contribution in [3.8, 4) is 0 Å². The van der Waals surface area contributed by atoms with Gasteiger partial charge < -0.3 is 9.88 Å². The Labute approximate surface area is 113 Å². The van der Waals surface area contributed by atoms with Gasteiger partial charge >= 0.3 is 0 Å². The lowest BCUT2D eigenvalue weighted by Crippen LogP contribution is -2.21. The first-order valence-corrected chi connectivity index (χ1v) is 7.24. The molecular formula is C16H21FN2. The van der Waals surface area contributed by atoms with Gasteiger partial charge in [0.15, 0.2) is 0 Å². The molecule has 2 heterocycles. The molecule has 0 bridgehead atoms. The van der Waals surface area contributed by atoms with Crippen LogP contribution >= 0.6 is 0 Å². The van der Waals surface area contributed by atoms with E-state index in [1.54, 1.807) is 6.07 Å². The minimum Gasteiger partial charge on any atom is -0.361 e. The van der Waals surface area contributed by atoms with E-state index in [1.807, 2.05) is 12.3 Å². The zero-order chi connectivity index (χ0) is 13.2. The summed E-state index contributed by atoms with van der Waals surface area (Å²) in [7, 11) is 0. The fourth-order valence-corrected chi connectivity index (χ4v) is 3.23. The van der Waals surface area contributed by atoms with E-state index in [9.17, 15) is 4.39 Å². The lowest BCUT2D eigenvalue weighted by atomic mass is 9.98. The minimum absolute atomic E-state index is 0.146. The molecule has 3 heteroatoms. The quantitative estimate of drug-likeness (QED) is 0.890. The van der Waals surface area contributed by atoms with E-state index in [2.05, 4.69) is 16.8 Å². The van der Waals surface area contributed by atoms with Gasteiger partial charge in [-0.15, -0.1) is 0 Å². The maximum Gasteiger partial charge on any atom is 0.123 e. The highest BCUT2D eigenvalue weighted by Crippen LogP contribution is 2.26. The molecule has 2 aromatic rings. The number of hydrogen-bond acceptors (Lipinski definition) is 1. The van der Waals surface area contributed by atoms with Crippen LogP contribution in [-0.4, -0.2) is 29.5 Å². The molecule has 0 saturated carbocycles. The van der Waals surface area contributed by atoms with Crippen LogP contribution < -0.4 is 0 Å². The normalized spacial score (nSPS) is 20.4. The number of benzene rings is 1. The minimum atomic E-state index is -0.146. The number of halogens is 1. The van der Waals surface area contributed by atoms with Crippen LogP contribution in [0.1, 0.15) is 25.3 Å². The van der Waals surface area contributed by atoms with Crippen LogP contribution in [-0.2, 0) is 6.42 Å². The number of rotatable bonds is 4. The predicted octanol–water partition coefficient (Wildman–Crippen LogP) is 3.58. The molecule has 1 N–H and O–H groups in total. The molecule has 2 nitrogen and oxygen atoms in total. The van der Waals surface area contributed by atoms with Gasteiger partial charge in [0.25, 0.3) is 0 Å². The Balaban J connectivity index is 1.73. The monoisotopic (exact) mass is 260 g/mol. The molecule has 1 unspecified atom stereocenters. The van der Waals surface area contributed by atoms with Crippen LogP contribution in [0.2, 0.25) is 0 Å². The third-order valence-electron chi connectivity index (χ3n) is 4.15. The van der Waals surface area contributed by atoms with E-state index in [0.717, 1.165) is 17.3 Å². The second-order valence-corrected chi connectivity index (χ2v) is 5.66. The van der Waals surface area contributed by atoms with Gasteiger partial charge in [-0.3, -0.25) is 0 Å². The van der Waals surface area contributed by atoms with Crippen molar-refractivity contribution in [1.29, 1.82) is 0 Å². The molecule has 0 aliphatic carbocycles. The zero-order valence-corrected chi connectivity index (χ0v) is 11.5. The molecule has 1 atom stereocenters. The number of nitrogens with one attached hydrogen (secondary N) is 1. The smallest absolute Gasteiger partial charge is 0.123 e. The van der Waals surface area contributed by atoms with Crippen LogP contribution in [0.5, 0.6) is 0 Å². The summed E-state index contributed by atoms with van der Waals surface area (Å²) in [4.78, 5) is 5.79. The molecule has 0 amide bonds. The van der Waals surface area contributed by atoms with E-state index in [0.29, 0.717) is 5.92 Å². The van der Waals surface area contributed by atoms with Crippen LogP contribution in [0, 0.1) is 11.7 Å². The van der Waals surface area contributed by atoms with Gasteiger partial charge in [-0.1, -0.05) is 6.92 Å². The second kappa shape index (κ2) is 5.33. The Hall–Kier alpha value is -1.35. The largest absolute Gasteiger partial charge is 0.361 e. The van der Waals surface area contributed by atoms with Crippen molar-refractivity contribution < 1.29 is 4.39 Å². The SMILES string of the molecule is CCCN1CCC(Cc2c[nH]c3ccc(F)cc23)C1. The molecule has 1 aromatic carbocycles. The fraction of sp³-hybridized carbons (Fsp3) is 0.500. The molecular weight excluding hydrogens is 239 g/mol. The van der Waals surface area contributed by atoms with Gasteiger partial charge in [-0.25, -0.2) is 4.39 Å². The van der Waals surface area contributed by atoms with Crippen LogP contribution in [0.4, 0.5) is 4.39 Å². The lowest BCUT2D eigenvalue weighted by molar-refractivity contribution is 0.324. The Morgan fingerprint density at radius 2 is 2.32 bits per heavy atom. The Morgan fingerprint density at radius 1 is 1.42 bits per heavy atom. The molecule has 102 valence electrons. The molecule has 0 radical (unpaired) electrons. The average molecular weight is 260 g/mol. The summed E-state index contributed by atoms with van der Waals surface area (Å²) in [5.74, 6) is 0.571. The average Bonchev–Trinajstić information content (AvgIpc) is 2.98. The number of nitrogens with zero attached hydrogens (tertiary/aromatic N) is 1. The molecule has 19 heavy (non-hydrogen) atoms. The van der Waals surface area contributed by atoms with Crippen molar-refractivity contribution in [2.45, 2.75) is 26.2 Å². The summed E-state index contributed by atoms with van der Waals surface area (Å²) < 4.78 is 13.3. The highest BCUT2D eigenvalue weighted by Gasteiger charge is 2.22. The van der Waals surface area contributed by atoms with Gasteiger partial charge in [-0.05, 0) is 62.0 Å². The van der Waals surface area contributed by atoms with Gasteiger partial charge in [-0.2, -0.15) is 0 Å². The van der Waals surface area contributed by atoms with E-state index in [-0.39, 0.29) is 5.82 Å². The fourth-order valence-electron chi connectivity index (χ4n) is 3.23. The molecule has 3 rings (SSSR count). The molecule has 1 aromatic heterocycles. The number of fused-ring (bicyclic) bond motifs is 1. The molecule has 1 aliphatic heterocycles. The van der Waals surface area contributed by atoms with Crippen LogP contribution in [0.25, 0.3) is 10.9 Å². The molecule has 1 saturated heterocycles. The van der Waals surface area contributed by atoms with Gasteiger partial charge in [0.05, 0.1) is 0 Å². The Bertz CT molecular complexity index is 561. The summed E-state index contributed by atoms with van der Waals surface area (Å²) in [6.07, 6.45) is 5.60. The second-order valence-electron chi connectivity index (χ2n) is 5.66. The van der Waals surface area contributed by atoms with E-state index >= 15 is 0 Å². The molecule has 1 aliphatic rings. The van der Waals surface area contributed by atoms with E-state index < -0.39 is 0 Å². The topological polar surface area (TPSA) is 19.0 Å². The van der Waals surface area contributed by atoms with Gasteiger partial charge in [0, 0.05) is 23.6 Å². The lowest BCUT2D eigenvalue weighted by Gasteiger charge is -2.14. The summed E-state index contributed by atoms with van der Waals surface area (Å²) in [6.45, 7) is 5.85. The standard InChI is InChI=1S/C16H21FN2/c1-2-6-19-7-5-12(11-19)8-13-10-18-16-4-3-14(17)9-15(13)16/h3-4,9-10,12,18H,2,5-8,11H2,1H3. The summed E-state index contributed by atoms with van der Waals surface area (Å²) in [6, 6.07) is 4.99. The van der Waals surface area contributed by atoms with Gasteiger partial charge in [0.2, 0.25) is 0 Å². The maximum absolute atomic E-state index is 13.3. The molecule has 0 spiro atoms. The third-order valence-corrected chi connectivity index (χ3v) is 4.15. The molecule has 1 fully saturated rings. The van der Waals surface area contributed by atoms with Crippen molar-refractivity contribution in [3.63, 3.8) is 0 Å². The first-order chi connectivity index (χ1) is 9.26. The summed E-state index contributed by atoms with van der Waals surface area (Å²) in [5.41, 5.74) is 2.30. The van der Waals surface area contributed by atoms with Crippen molar-refractivity contribution >= 4 is 10.9 Å². The summed E-state index contributed by atoms with van der Waals surface area (Å²) >= 11 is 0. The Morgan fingerprint density at radius 3 is 3.16 bits per heavy atom.